The molecule has 0 bridgehead atoms. The van der Waals surface area contributed by atoms with Crippen molar-refractivity contribution in [2.75, 3.05) is 6.54 Å². The van der Waals surface area contributed by atoms with E-state index in [1.807, 2.05) is 42.5 Å². The summed E-state index contributed by atoms with van der Waals surface area (Å²) in [6.45, 7) is 0.886. The van der Waals surface area contributed by atoms with Crippen molar-refractivity contribution in [1.82, 2.24) is 5.32 Å². The van der Waals surface area contributed by atoms with Crippen LogP contribution >= 0.6 is 11.6 Å². The summed E-state index contributed by atoms with van der Waals surface area (Å²) >= 11 is 5.89. The third kappa shape index (κ3) is 4.08. The van der Waals surface area contributed by atoms with Gasteiger partial charge in [0.15, 0.2) is 0 Å². The monoisotopic (exact) mass is 288 g/mol. The van der Waals surface area contributed by atoms with Gasteiger partial charge in [0.05, 0.1) is 0 Å². The van der Waals surface area contributed by atoms with Crippen LogP contribution in [-0.4, -0.2) is 12.5 Å². The first-order valence-corrected chi connectivity index (χ1v) is 6.88. The molecule has 20 heavy (non-hydrogen) atoms. The van der Waals surface area contributed by atoms with Crippen molar-refractivity contribution in [3.8, 4) is 11.1 Å². The van der Waals surface area contributed by atoms with E-state index in [-0.39, 0.29) is 5.91 Å². The van der Waals surface area contributed by atoms with Crippen LogP contribution in [0.2, 0.25) is 5.02 Å². The van der Waals surface area contributed by atoms with Gasteiger partial charge in [-0.3, -0.25) is 4.79 Å². The average molecular weight is 289 g/mol. The molecule has 0 saturated carbocycles. The van der Waals surface area contributed by atoms with Crippen LogP contribution in [0.4, 0.5) is 0 Å². The predicted molar refractivity (Wildman–Crippen MR) is 82.4 cm³/mol. The molecule has 0 fully saturated rings. The summed E-state index contributed by atoms with van der Waals surface area (Å²) in [4.78, 5) is 11.4. The van der Waals surface area contributed by atoms with Crippen LogP contribution in [0, 0.1) is 0 Å². The Labute approximate surface area is 123 Å². The zero-order valence-electron chi connectivity index (χ0n) is 11.1. The van der Waals surface area contributed by atoms with Crippen LogP contribution in [0.3, 0.4) is 0 Å². The Hall–Kier alpha value is -1.84. The minimum atomic E-state index is -0.0237. The van der Waals surface area contributed by atoms with E-state index in [1.54, 1.807) is 0 Å². The summed E-state index contributed by atoms with van der Waals surface area (Å²) in [7, 11) is 0. The van der Waals surface area contributed by atoms with Crippen molar-refractivity contribution in [2.45, 2.75) is 13.0 Å². The maximum Gasteiger partial charge on any atom is 0.221 e. The highest BCUT2D eigenvalue weighted by Gasteiger charge is 2.02. The van der Waals surface area contributed by atoms with Crippen LogP contribution in [0.5, 0.6) is 0 Å². The van der Waals surface area contributed by atoms with Crippen molar-refractivity contribution >= 4 is 17.5 Å². The molecule has 2 aromatic rings. The molecule has 0 heterocycles. The minimum absolute atomic E-state index is 0.0237. The van der Waals surface area contributed by atoms with Gasteiger partial charge in [0.25, 0.3) is 0 Å². The molecule has 0 aliphatic heterocycles. The topological polar surface area (TPSA) is 55.1 Å². The zero-order valence-corrected chi connectivity index (χ0v) is 11.9. The number of hydrogen-bond donors (Lipinski definition) is 2. The maximum atomic E-state index is 11.4. The average Bonchev–Trinajstić information content (AvgIpc) is 2.47. The number of rotatable bonds is 5. The Bertz CT molecular complexity index is 581. The zero-order chi connectivity index (χ0) is 14.4. The molecule has 0 aliphatic rings. The number of carbonyl (C=O) groups is 1. The van der Waals surface area contributed by atoms with E-state index in [4.69, 9.17) is 17.3 Å². The molecule has 0 aromatic heterocycles. The number of nitrogens with one attached hydrogen (secondary N) is 1. The Morgan fingerprint density at radius 1 is 1.10 bits per heavy atom. The third-order valence-corrected chi connectivity index (χ3v) is 3.22. The molecule has 3 N–H and O–H groups in total. The van der Waals surface area contributed by atoms with Crippen molar-refractivity contribution in [3.05, 3.63) is 59.1 Å². The smallest absolute Gasteiger partial charge is 0.221 e. The van der Waals surface area contributed by atoms with Gasteiger partial charge in [-0.15, -0.1) is 0 Å². The quantitative estimate of drug-likeness (QED) is 0.889. The summed E-state index contributed by atoms with van der Waals surface area (Å²) in [6.07, 6.45) is 0.358. The Morgan fingerprint density at radius 3 is 2.55 bits per heavy atom. The molecular weight excluding hydrogens is 272 g/mol. The summed E-state index contributed by atoms with van der Waals surface area (Å²) in [5.74, 6) is -0.0237. The van der Waals surface area contributed by atoms with Gasteiger partial charge < -0.3 is 11.1 Å². The Kier molecular flexibility index (Phi) is 5.16. The van der Waals surface area contributed by atoms with E-state index < -0.39 is 0 Å². The molecule has 1 amide bonds. The van der Waals surface area contributed by atoms with Crippen LogP contribution in [0.25, 0.3) is 11.1 Å². The number of amides is 1. The molecule has 2 aromatic carbocycles. The molecule has 0 spiro atoms. The normalized spacial score (nSPS) is 10.3. The minimum Gasteiger partial charge on any atom is -0.352 e. The van der Waals surface area contributed by atoms with E-state index >= 15 is 0 Å². The number of benzene rings is 2. The van der Waals surface area contributed by atoms with Crippen molar-refractivity contribution in [3.63, 3.8) is 0 Å². The van der Waals surface area contributed by atoms with Crippen LogP contribution < -0.4 is 11.1 Å². The Morgan fingerprint density at radius 2 is 1.85 bits per heavy atom. The lowest BCUT2D eigenvalue weighted by atomic mass is 10.0. The molecule has 104 valence electrons. The molecule has 4 heteroatoms. The van der Waals surface area contributed by atoms with E-state index in [0.29, 0.717) is 19.5 Å². The van der Waals surface area contributed by atoms with E-state index in [1.165, 1.54) is 0 Å². The second kappa shape index (κ2) is 7.08. The lowest BCUT2D eigenvalue weighted by molar-refractivity contribution is -0.121. The Balaban J connectivity index is 2.08. The van der Waals surface area contributed by atoms with Gasteiger partial charge in [0.1, 0.15) is 0 Å². The van der Waals surface area contributed by atoms with Crippen molar-refractivity contribution < 1.29 is 4.79 Å². The lowest BCUT2D eigenvalue weighted by Crippen LogP contribution is -2.24. The van der Waals surface area contributed by atoms with Gasteiger partial charge in [-0.25, -0.2) is 0 Å². The van der Waals surface area contributed by atoms with E-state index in [0.717, 1.165) is 21.7 Å². The second-order valence-electron chi connectivity index (χ2n) is 4.52. The highest BCUT2D eigenvalue weighted by atomic mass is 35.5. The van der Waals surface area contributed by atoms with E-state index in [9.17, 15) is 4.79 Å². The molecule has 0 aliphatic carbocycles. The molecular formula is C16H17ClN2O. The number of halogens is 1. The molecule has 0 unspecified atom stereocenters. The predicted octanol–water partition coefficient (Wildman–Crippen LogP) is 2.97. The van der Waals surface area contributed by atoms with Crippen LogP contribution in [0.1, 0.15) is 12.0 Å². The SMILES string of the molecule is NCCC(=O)NCc1cccc(-c2ccc(Cl)cc2)c1. The summed E-state index contributed by atoms with van der Waals surface area (Å²) in [6, 6.07) is 15.8. The van der Waals surface area contributed by atoms with Crippen LogP contribution in [-0.2, 0) is 11.3 Å². The molecule has 0 saturated heterocycles. The summed E-state index contributed by atoms with van der Waals surface area (Å²) in [5.41, 5.74) is 8.60. The lowest BCUT2D eigenvalue weighted by Gasteiger charge is -2.07. The summed E-state index contributed by atoms with van der Waals surface area (Å²) in [5, 5.41) is 3.57. The first-order chi connectivity index (χ1) is 9.69. The van der Waals surface area contributed by atoms with Crippen molar-refractivity contribution in [2.24, 2.45) is 5.73 Å². The van der Waals surface area contributed by atoms with Gasteiger partial charge in [0, 0.05) is 24.5 Å². The van der Waals surface area contributed by atoms with E-state index in [2.05, 4.69) is 11.4 Å². The van der Waals surface area contributed by atoms with Gasteiger partial charge in [-0.05, 0) is 34.9 Å². The van der Waals surface area contributed by atoms with Gasteiger partial charge in [0.2, 0.25) is 5.91 Å². The largest absolute Gasteiger partial charge is 0.352 e. The molecule has 0 radical (unpaired) electrons. The first-order valence-electron chi connectivity index (χ1n) is 6.50. The standard InChI is InChI=1S/C16H17ClN2O/c17-15-6-4-13(5-7-15)14-3-1-2-12(10-14)11-19-16(20)8-9-18/h1-7,10H,8-9,11,18H2,(H,19,20). The molecule has 2 rings (SSSR count). The van der Waals surface area contributed by atoms with Gasteiger partial charge in [-0.1, -0.05) is 41.9 Å². The van der Waals surface area contributed by atoms with Crippen molar-refractivity contribution in [1.29, 1.82) is 0 Å². The molecule has 0 atom stereocenters. The number of carbonyl (C=O) groups excluding carboxylic acids is 1. The highest BCUT2D eigenvalue weighted by molar-refractivity contribution is 6.30. The fourth-order valence-electron chi connectivity index (χ4n) is 1.92. The second-order valence-corrected chi connectivity index (χ2v) is 4.96. The number of hydrogen-bond acceptors (Lipinski definition) is 2. The van der Waals surface area contributed by atoms with Gasteiger partial charge >= 0.3 is 0 Å². The maximum absolute atomic E-state index is 11.4. The number of nitrogens with two attached hydrogens (primary N) is 1. The fourth-order valence-corrected chi connectivity index (χ4v) is 2.05. The van der Waals surface area contributed by atoms with Crippen LogP contribution in [0.15, 0.2) is 48.5 Å². The summed E-state index contributed by atoms with van der Waals surface area (Å²) < 4.78 is 0. The first kappa shape index (κ1) is 14.6. The van der Waals surface area contributed by atoms with Gasteiger partial charge in [-0.2, -0.15) is 0 Å². The fraction of sp³-hybridized carbons (Fsp3) is 0.188. The highest BCUT2D eigenvalue weighted by Crippen LogP contribution is 2.22. The molecule has 3 nitrogen and oxygen atoms in total. The third-order valence-electron chi connectivity index (χ3n) is 2.97.